The second-order valence-electron chi connectivity index (χ2n) is 5.70. The molecule has 1 heterocycles. The van der Waals surface area contributed by atoms with Gasteiger partial charge in [0.05, 0.1) is 11.7 Å². The van der Waals surface area contributed by atoms with Gasteiger partial charge in [0.2, 0.25) is 0 Å². The minimum absolute atomic E-state index is 0.0115. The van der Waals surface area contributed by atoms with Gasteiger partial charge in [-0.3, -0.25) is 0 Å². The van der Waals surface area contributed by atoms with Crippen LogP contribution in [0.3, 0.4) is 0 Å². The third-order valence-corrected chi connectivity index (χ3v) is 5.25. The third kappa shape index (κ3) is 2.03. The Morgan fingerprint density at radius 2 is 1.86 bits per heavy atom. The molecule has 2 aliphatic rings. The molecule has 2 aromatic rings. The Labute approximate surface area is 132 Å². The summed E-state index contributed by atoms with van der Waals surface area (Å²) in [6.45, 7) is 0. The van der Waals surface area contributed by atoms with E-state index < -0.39 is 0 Å². The molecular weight excluding hydrogens is 329 g/mol. The van der Waals surface area contributed by atoms with Gasteiger partial charge in [0.15, 0.2) is 0 Å². The SMILES string of the molecule is Fc1ccccc1[C@@H]1Nc2c(Br)cccc2[C@@H]2C=CC[C@@H]21. The molecule has 1 nitrogen and oxygen atoms in total. The van der Waals surface area contributed by atoms with Crippen LogP contribution in [0.1, 0.15) is 29.5 Å². The van der Waals surface area contributed by atoms with Crippen molar-refractivity contribution < 1.29 is 4.39 Å². The highest BCUT2D eigenvalue weighted by molar-refractivity contribution is 9.10. The molecule has 0 saturated carbocycles. The van der Waals surface area contributed by atoms with E-state index in [0.717, 1.165) is 22.1 Å². The van der Waals surface area contributed by atoms with Gasteiger partial charge >= 0.3 is 0 Å². The average molecular weight is 344 g/mol. The molecule has 21 heavy (non-hydrogen) atoms. The standard InChI is InChI=1S/C18H15BrFN/c19-15-9-4-8-13-11-6-3-7-12(11)17(21-18(13)15)14-5-1-2-10-16(14)20/h1-6,8-12,17,21H,7H2/t11-,12+,17-/m1/s1. The van der Waals surface area contributed by atoms with Crippen LogP contribution in [0.5, 0.6) is 0 Å². The number of nitrogens with one attached hydrogen (secondary N) is 1. The zero-order valence-corrected chi connectivity index (χ0v) is 13.0. The summed E-state index contributed by atoms with van der Waals surface area (Å²) in [6.07, 6.45) is 5.48. The Hall–Kier alpha value is -1.61. The van der Waals surface area contributed by atoms with Crippen molar-refractivity contribution >= 4 is 21.6 Å². The van der Waals surface area contributed by atoms with Crippen LogP contribution >= 0.6 is 15.9 Å². The van der Waals surface area contributed by atoms with Crippen molar-refractivity contribution in [1.82, 2.24) is 0 Å². The fraction of sp³-hybridized carbons (Fsp3) is 0.222. The quantitative estimate of drug-likeness (QED) is 0.682. The second kappa shape index (κ2) is 4.99. The van der Waals surface area contributed by atoms with Crippen LogP contribution < -0.4 is 5.32 Å². The lowest BCUT2D eigenvalue weighted by molar-refractivity contribution is 0.413. The van der Waals surface area contributed by atoms with Crippen LogP contribution in [0, 0.1) is 11.7 Å². The van der Waals surface area contributed by atoms with E-state index in [1.165, 1.54) is 5.56 Å². The van der Waals surface area contributed by atoms with Crippen molar-refractivity contribution in [2.45, 2.75) is 18.4 Å². The molecule has 0 fully saturated rings. The number of halogens is 2. The molecule has 0 bridgehead atoms. The molecule has 3 heteroatoms. The topological polar surface area (TPSA) is 12.0 Å². The predicted octanol–water partition coefficient (Wildman–Crippen LogP) is 5.41. The predicted molar refractivity (Wildman–Crippen MR) is 86.9 cm³/mol. The van der Waals surface area contributed by atoms with Crippen molar-refractivity contribution in [3.63, 3.8) is 0 Å². The van der Waals surface area contributed by atoms with E-state index in [2.05, 4.69) is 45.5 Å². The summed E-state index contributed by atoms with van der Waals surface area (Å²) in [5.74, 6) is 0.614. The zero-order valence-electron chi connectivity index (χ0n) is 11.4. The largest absolute Gasteiger partial charge is 0.377 e. The molecule has 106 valence electrons. The minimum Gasteiger partial charge on any atom is -0.377 e. The Bertz CT molecular complexity index is 725. The van der Waals surface area contributed by atoms with E-state index in [-0.39, 0.29) is 11.9 Å². The molecule has 0 spiro atoms. The number of hydrogen-bond acceptors (Lipinski definition) is 1. The Kier molecular flexibility index (Phi) is 3.11. The molecule has 0 radical (unpaired) electrons. The van der Waals surface area contributed by atoms with E-state index in [0.29, 0.717) is 11.8 Å². The highest BCUT2D eigenvalue weighted by Crippen LogP contribution is 2.51. The number of benzene rings is 2. The monoisotopic (exact) mass is 343 g/mol. The smallest absolute Gasteiger partial charge is 0.128 e. The average Bonchev–Trinajstić information content (AvgIpc) is 2.97. The summed E-state index contributed by atoms with van der Waals surface area (Å²) in [6, 6.07) is 13.4. The van der Waals surface area contributed by atoms with Gasteiger partial charge in [0.25, 0.3) is 0 Å². The molecule has 0 amide bonds. The highest BCUT2D eigenvalue weighted by atomic mass is 79.9. The summed E-state index contributed by atoms with van der Waals surface area (Å²) < 4.78 is 15.3. The van der Waals surface area contributed by atoms with Gasteiger partial charge in [-0.25, -0.2) is 4.39 Å². The van der Waals surface area contributed by atoms with Crippen LogP contribution in [-0.4, -0.2) is 0 Å². The summed E-state index contributed by atoms with van der Waals surface area (Å²) in [5, 5.41) is 3.57. The van der Waals surface area contributed by atoms with Gasteiger partial charge in [-0.2, -0.15) is 0 Å². The van der Waals surface area contributed by atoms with E-state index in [4.69, 9.17) is 0 Å². The Balaban J connectivity index is 1.85. The van der Waals surface area contributed by atoms with E-state index in [1.807, 2.05) is 18.2 Å². The van der Waals surface area contributed by atoms with Gasteiger partial charge in [0.1, 0.15) is 5.82 Å². The third-order valence-electron chi connectivity index (χ3n) is 4.59. The van der Waals surface area contributed by atoms with Gasteiger partial charge in [-0.15, -0.1) is 0 Å². The minimum atomic E-state index is -0.129. The molecule has 0 unspecified atom stereocenters. The van der Waals surface area contributed by atoms with Gasteiger partial charge < -0.3 is 5.32 Å². The van der Waals surface area contributed by atoms with Crippen LogP contribution in [0.25, 0.3) is 0 Å². The van der Waals surface area contributed by atoms with Crippen molar-refractivity contribution in [2.24, 2.45) is 5.92 Å². The van der Waals surface area contributed by atoms with Gasteiger partial charge in [-0.05, 0) is 46.0 Å². The van der Waals surface area contributed by atoms with Crippen molar-refractivity contribution in [1.29, 1.82) is 0 Å². The molecule has 2 aromatic carbocycles. The molecule has 1 aliphatic carbocycles. The molecule has 0 aromatic heterocycles. The number of anilines is 1. The first-order valence-electron chi connectivity index (χ1n) is 7.22. The lowest BCUT2D eigenvalue weighted by Crippen LogP contribution is -2.29. The maximum atomic E-state index is 14.2. The number of fused-ring (bicyclic) bond motifs is 3. The molecule has 4 rings (SSSR count). The number of allylic oxidation sites excluding steroid dienone is 2. The summed E-state index contributed by atoms with van der Waals surface area (Å²) >= 11 is 3.62. The fourth-order valence-electron chi connectivity index (χ4n) is 3.62. The summed E-state index contributed by atoms with van der Waals surface area (Å²) in [5.41, 5.74) is 3.16. The second-order valence-corrected chi connectivity index (χ2v) is 6.56. The molecule has 1 N–H and O–H groups in total. The lowest BCUT2D eigenvalue weighted by Gasteiger charge is -2.38. The van der Waals surface area contributed by atoms with E-state index >= 15 is 0 Å². The zero-order chi connectivity index (χ0) is 14.4. The normalized spacial score (nSPS) is 26.1. The number of para-hydroxylation sites is 1. The molecule has 3 atom stereocenters. The first kappa shape index (κ1) is 13.1. The van der Waals surface area contributed by atoms with Crippen molar-refractivity contribution in [3.05, 3.63) is 76.0 Å². The first-order chi connectivity index (χ1) is 10.3. The number of hydrogen-bond donors (Lipinski definition) is 1. The first-order valence-corrected chi connectivity index (χ1v) is 8.01. The highest BCUT2D eigenvalue weighted by Gasteiger charge is 2.39. The molecule has 1 aliphatic heterocycles. The molecular formula is C18H15BrFN. The lowest BCUT2D eigenvalue weighted by atomic mass is 9.77. The van der Waals surface area contributed by atoms with Crippen LogP contribution in [0.2, 0.25) is 0 Å². The van der Waals surface area contributed by atoms with E-state index in [9.17, 15) is 4.39 Å². The summed E-state index contributed by atoms with van der Waals surface area (Å²) in [7, 11) is 0. The van der Waals surface area contributed by atoms with Gasteiger partial charge in [-0.1, -0.05) is 42.5 Å². The van der Waals surface area contributed by atoms with E-state index in [1.54, 1.807) is 12.1 Å². The summed E-state index contributed by atoms with van der Waals surface area (Å²) in [4.78, 5) is 0. The van der Waals surface area contributed by atoms with Crippen molar-refractivity contribution in [2.75, 3.05) is 5.32 Å². The van der Waals surface area contributed by atoms with Crippen LogP contribution in [0.4, 0.5) is 10.1 Å². The Morgan fingerprint density at radius 1 is 1.05 bits per heavy atom. The maximum Gasteiger partial charge on any atom is 0.128 e. The van der Waals surface area contributed by atoms with Crippen molar-refractivity contribution in [3.8, 4) is 0 Å². The van der Waals surface area contributed by atoms with Crippen LogP contribution in [-0.2, 0) is 0 Å². The number of rotatable bonds is 1. The molecule has 0 saturated heterocycles. The maximum absolute atomic E-state index is 14.2. The van der Waals surface area contributed by atoms with Gasteiger partial charge in [0, 0.05) is 16.0 Å². The Morgan fingerprint density at radius 3 is 2.71 bits per heavy atom. The van der Waals surface area contributed by atoms with Crippen LogP contribution in [0.15, 0.2) is 59.1 Å². The fourth-order valence-corrected chi connectivity index (χ4v) is 4.11.